The molecule has 0 fully saturated rings. The van der Waals surface area contributed by atoms with Crippen LogP contribution in [0.15, 0.2) is 88.0 Å². The number of hydrogen-bond donors (Lipinski definition) is 0. The molecule has 3 aromatic carbocycles. The summed E-state index contributed by atoms with van der Waals surface area (Å²) in [6.45, 7) is 2.77. The van der Waals surface area contributed by atoms with Crippen molar-refractivity contribution >= 4 is 33.9 Å². The van der Waals surface area contributed by atoms with E-state index in [0.717, 1.165) is 26.9 Å². The van der Waals surface area contributed by atoms with Gasteiger partial charge in [-0.1, -0.05) is 46.3 Å². The summed E-state index contributed by atoms with van der Waals surface area (Å²) in [5, 5.41) is 0. The van der Waals surface area contributed by atoms with Gasteiger partial charge in [-0.25, -0.2) is 9.79 Å². The van der Waals surface area contributed by atoms with E-state index in [1.165, 1.54) is 0 Å². The van der Waals surface area contributed by atoms with Crippen LogP contribution in [0.4, 0.5) is 0 Å². The van der Waals surface area contributed by atoms with Crippen LogP contribution >= 0.6 is 15.9 Å². The molecule has 0 atom stereocenters. The van der Waals surface area contributed by atoms with Crippen LogP contribution in [0.1, 0.15) is 16.7 Å². The molecule has 6 heteroatoms. The molecular weight excluding hydrogens is 458 g/mol. The summed E-state index contributed by atoms with van der Waals surface area (Å²) in [6, 6.07) is 22.8. The molecular formula is C25H20BrNO4. The molecule has 1 aliphatic rings. The molecule has 0 bridgehead atoms. The SMILES string of the molecule is Cc1cccc(OCCOc2ccc(Br)cc2/C=C2\N=C(c3ccccc3)OC2=O)c1. The van der Waals surface area contributed by atoms with Gasteiger partial charge in [-0.15, -0.1) is 0 Å². The molecule has 0 radical (unpaired) electrons. The van der Waals surface area contributed by atoms with E-state index >= 15 is 0 Å². The molecule has 1 aliphatic heterocycles. The summed E-state index contributed by atoms with van der Waals surface area (Å²) >= 11 is 3.47. The van der Waals surface area contributed by atoms with Crippen molar-refractivity contribution in [3.8, 4) is 11.5 Å². The van der Waals surface area contributed by atoms with Crippen LogP contribution < -0.4 is 9.47 Å². The van der Waals surface area contributed by atoms with E-state index < -0.39 is 5.97 Å². The Kier molecular flexibility index (Phi) is 6.48. The van der Waals surface area contributed by atoms with E-state index in [-0.39, 0.29) is 5.70 Å². The summed E-state index contributed by atoms with van der Waals surface area (Å²) in [5.41, 5.74) is 2.82. The van der Waals surface area contributed by atoms with Crippen molar-refractivity contribution in [2.75, 3.05) is 13.2 Å². The monoisotopic (exact) mass is 477 g/mol. The summed E-state index contributed by atoms with van der Waals surface area (Å²) in [6.07, 6.45) is 1.67. The third kappa shape index (κ3) is 5.41. The van der Waals surface area contributed by atoms with Crippen molar-refractivity contribution in [3.05, 3.63) is 99.7 Å². The Labute approximate surface area is 189 Å². The predicted molar refractivity (Wildman–Crippen MR) is 123 cm³/mol. The van der Waals surface area contributed by atoms with Crippen molar-refractivity contribution in [2.24, 2.45) is 4.99 Å². The molecule has 0 unspecified atom stereocenters. The maximum Gasteiger partial charge on any atom is 0.363 e. The molecule has 0 aromatic heterocycles. The zero-order valence-corrected chi connectivity index (χ0v) is 18.5. The number of halogens is 1. The highest BCUT2D eigenvalue weighted by Crippen LogP contribution is 2.28. The van der Waals surface area contributed by atoms with Gasteiger partial charge >= 0.3 is 5.97 Å². The highest BCUT2D eigenvalue weighted by molar-refractivity contribution is 9.10. The third-order valence-electron chi connectivity index (χ3n) is 4.50. The van der Waals surface area contributed by atoms with E-state index in [1.807, 2.05) is 79.7 Å². The number of aryl methyl sites for hydroxylation is 1. The average Bonchev–Trinajstić information content (AvgIpc) is 3.13. The van der Waals surface area contributed by atoms with Gasteiger partial charge < -0.3 is 14.2 Å². The minimum Gasteiger partial charge on any atom is -0.490 e. The molecule has 4 rings (SSSR count). The Morgan fingerprint density at radius 3 is 2.58 bits per heavy atom. The normalized spacial score (nSPS) is 14.3. The number of benzene rings is 3. The van der Waals surface area contributed by atoms with E-state index in [1.54, 1.807) is 6.08 Å². The van der Waals surface area contributed by atoms with Crippen molar-refractivity contribution in [3.63, 3.8) is 0 Å². The number of carbonyl (C=O) groups excluding carboxylic acids is 1. The summed E-state index contributed by atoms with van der Waals surface area (Å²) in [4.78, 5) is 16.7. The Balaban J connectivity index is 1.48. The van der Waals surface area contributed by atoms with Crippen LogP contribution in [-0.4, -0.2) is 25.1 Å². The molecule has 0 saturated heterocycles. The fourth-order valence-electron chi connectivity index (χ4n) is 3.04. The number of rotatable bonds is 7. The lowest BCUT2D eigenvalue weighted by Gasteiger charge is -2.11. The van der Waals surface area contributed by atoms with Gasteiger partial charge in [0.15, 0.2) is 5.70 Å². The van der Waals surface area contributed by atoms with Crippen molar-refractivity contribution < 1.29 is 19.0 Å². The number of aliphatic imine (C=N–C) groups is 1. The first-order valence-electron chi connectivity index (χ1n) is 9.78. The zero-order valence-electron chi connectivity index (χ0n) is 16.9. The van der Waals surface area contributed by atoms with Gasteiger partial charge in [0.25, 0.3) is 0 Å². The fraction of sp³-hybridized carbons (Fsp3) is 0.120. The second-order valence-electron chi connectivity index (χ2n) is 6.90. The molecule has 3 aromatic rings. The van der Waals surface area contributed by atoms with Crippen molar-refractivity contribution in [2.45, 2.75) is 6.92 Å². The van der Waals surface area contributed by atoms with Gasteiger partial charge in [-0.2, -0.15) is 0 Å². The van der Waals surface area contributed by atoms with E-state index in [9.17, 15) is 4.79 Å². The Bertz CT molecular complexity index is 1160. The average molecular weight is 478 g/mol. The topological polar surface area (TPSA) is 57.1 Å². The molecule has 1 heterocycles. The van der Waals surface area contributed by atoms with Gasteiger partial charge in [-0.05, 0) is 61.0 Å². The molecule has 0 amide bonds. The van der Waals surface area contributed by atoms with Crippen LogP contribution in [0.2, 0.25) is 0 Å². The number of hydrogen-bond acceptors (Lipinski definition) is 5. The van der Waals surface area contributed by atoms with Crippen LogP contribution in [-0.2, 0) is 9.53 Å². The highest BCUT2D eigenvalue weighted by atomic mass is 79.9. The Hall–Kier alpha value is -3.38. The van der Waals surface area contributed by atoms with Crippen molar-refractivity contribution in [1.82, 2.24) is 0 Å². The van der Waals surface area contributed by atoms with Gasteiger partial charge in [0, 0.05) is 15.6 Å². The van der Waals surface area contributed by atoms with E-state index in [4.69, 9.17) is 14.2 Å². The first kappa shape index (κ1) is 20.9. The molecule has 5 nitrogen and oxygen atoms in total. The lowest BCUT2D eigenvalue weighted by Crippen LogP contribution is -2.09. The Morgan fingerprint density at radius 2 is 1.77 bits per heavy atom. The first-order chi connectivity index (χ1) is 15.1. The lowest BCUT2D eigenvalue weighted by molar-refractivity contribution is -0.129. The summed E-state index contributed by atoms with van der Waals surface area (Å²) in [5.74, 6) is 1.23. The maximum absolute atomic E-state index is 12.3. The summed E-state index contributed by atoms with van der Waals surface area (Å²) < 4.78 is 17.8. The first-order valence-corrected chi connectivity index (χ1v) is 10.6. The molecule has 31 heavy (non-hydrogen) atoms. The number of ether oxygens (including phenoxy) is 3. The second-order valence-corrected chi connectivity index (χ2v) is 7.81. The molecule has 156 valence electrons. The minimum absolute atomic E-state index is 0.220. The van der Waals surface area contributed by atoms with Gasteiger partial charge in [-0.3, -0.25) is 0 Å². The number of nitrogens with zero attached hydrogens (tertiary/aromatic N) is 1. The van der Waals surface area contributed by atoms with Crippen LogP contribution in [0.25, 0.3) is 6.08 Å². The quantitative estimate of drug-likeness (QED) is 0.254. The number of carbonyl (C=O) groups is 1. The lowest BCUT2D eigenvalue weighted by atomic mass is 10.1. The largest absolute Gasteiger partial charge is 0.490 e. The molecule has 0 N–H and O–H groups in total. The maximum atomic E-state index is 12.3. The van der Waals surface area contributed by atoms with Crippen LogP contribution in [0.3, 0.4) is 0 Å². The third-order valence-corrected chi connectivity index (χ3v) is 5.00. The second kappa shape index (κ2) is 9.62. The standard InChI is InChI=1S/C25H20BrNO4/c1-17-6-5-9-21(14-17)29-12-13-30-23-11-10-20(26)15-19(23)16-22-25(28)31-24(27-22)18-7-3-2-4-8-18/h2-11,14-16H,12-13H2,1H3/b22-16-. The highest BCUT2D eigenvalue weighted by Gasteiger charge is 2.24. The summed E-state index contributed by atoms with van der Waals surface area (Å²) in [7, 11) is 0. The van der Waals surface area contributed by atoms with Gasteiger partial charge in [0.1, 0.15) is 24.7 Å². The van der Waals surface area contributed by atoms with Crippen LogP contribution in [0, 0.1) is 6.92 Å². The van der Waals surface area contributed by atoms with E-state index in [2.05, 4.69) is 20.9 Å². The van der Waals surface area contributed by atoms with Gasteiger partial charge in [0.05, 0.1) is 0 Å². The van der Waals surface area contributed by atoms with Crippen LogP contribution in [0.5, 0.6) is 11.5 Å². The molecule has 0 saturated carbocycles. The smallest absolute Gasteiger partial charge is 0.363 e. The number of cyclic esters (lactones) is 1. The van der Waals surface area contributed by atoms with E-state index in [0.29, 0.717) is 24.9 Å². The van der Waals surface area contributed by atoms with Gasteiger partial charge in [0.2, 0.25) is 5.90 Å². The molecule has 0 spiro atoms. The minimum atomic E-state index is -0.493. The molecule has 0 aliphatic carbocycles. The predicted octanol–water partition coefficient (Wildman–Crippen LogP) is 5.56. The zero-order chi connectivity index (χ0) is 21.6. The van der Waals surface area contributed by atoms with Crippen molar-refractivity contribution in [1.29, 1.82) is 0 Å². The Morgan fingerprint density at radius 1 is 0.968 bits per heavy atom. The fourth-order valence-corrected chi connectivity index (χ4v) is 3.42. The number of esters is 1.